The Labute approximate surface area is 119 Å². The van der Waals surface area contributed by atoms with Gasteiger partial charge in [-0.3, -0.25) is 0 Å². The summed E-state index contributed by atoms with van der Waals surface area (Å²) in [5, 5.41) is 27.9. The van der Waals surface area contributed by atoms with Gasteiger partial charge in [0.05, 0.1) is 12.7 Å². The maximum Gasteiger partial charge on any atom is 0.257 e. The van der Waals surface area contributed by atoms with Crippen LogP contribution >= 0.6 is 0 Å². The fourth-order valence-electron chi connectivity index (χ4n) is 1.46. The second kappa shape index (κ2) is 6.68. The predicted molar refractivity (Wildman–Crippen MR) is 69.7 cm³/mol. The summed E-state index contributed by atoms with van der Waals surface area (Å²) < 4.78 is 10.6. The standard InChI is InChI=1S/C13H9N5O3/c1-19-11-5-3-2-4-10(11)13-17-16-12(21-13)8-20-18-9(6-14)7-15/h2-5H,8H2,1H3. The molecule has 1 aromatic carbocycles. The van der Waals surface area contributed by atoms with Crippen molar-refractivity contribution in [3.63, 3.8) is 0 Å². The summed E-state index contributed by atoms with van der Waals surface area (Å²) in [6, 6.07) is 10.3. The molecule has 8 heteroatoms. The van der Waals surface area contributed by atoms with Crippen molar-refractivity contribution >= 4 is 5.71 Å². The van der Waals surface area contributed by atoms with Gasteiger partial charge in [-0.25, -0.2) is 0 Å². The van der Waals surface area contributed by atoms with Crippen molar-refractivity contribution in [2.45, 2.75) is 6.61 Å². The zero-order valence-corrected chi connectivity index (χ0v) is 11.0. The maximum atomic E-state index is 8.49. The molecule has 2 rings (SSSR count). The fraction of sp³-hybridized carbons (Fsp3) is 0.154. The highest BCUT2D eigenvalue weighted by Gasteiger charge is 2.13. The van der Waals surface area contributed by atoms with Gasteiger partial charge in [0.25, 0.3) is 17.5 Å². The Morgan fingerprint density at radius 3 is 2.76 bits per heavy atom. The average Bonchev–Trinajstić information content (AvgIpc) is 3.00. The molecule has 21 heavy (non-hydrogen) atoms. The number of rotatable bonds is 5. The predicted octanol–water partition coefficient (Wildman–Crippen LogP) is 1.66. The molecule has 0 aliphatic carbocycles. The van der Waals surface area contributed by atoms with Gasteiger partial charge in [0.15, 0.2) is 6.61 Å². The third-order valence-electron chi connectivity index (χ3n) is 2.36. The van der Waals surface area contributed by atoms with Crippen LogP contribution in [-0.4, -0.2) is 23.0 Å². The van der Waals surface area contributed by atoms with Crippen LogP contribution in [0.1, 0.15) is 5.89 Å². The van der Waals surface area contributed by atoms with Crippen LogP contribution in [-0.2, 0) is 11.4 Å². The molecule has 0 amide bonds. The molecular weight excluding hydrogens is 274 g/mol. The van der Waals surface area contributed by atoms with E-state index in [2.05, 4.69) is 15.4 Å². The topological polar surface area (TPSA) is 117 Å². The first kappa shape index (κ1) is 14.0. The lowest BCUT2D eigenvalue weighted by atomic mass is 10.2. The van der Waals surface area contributed by atoms with Crippen molar-refractivity contribution in [3.8, 4) is 29.3 Å². The van der Waals surface area contributed by atoms with E-state index in [0.29, 0.717) is 11.3 Å². The summed E-state index contributed by atoms with van der Waals surface area (Å²) >= 11 is 0. The first-order valence-corrected chi connectivity index (χ1v) is 5.74. The van der Waals surface area contributed by atoms with Gasteiger partial charge in [-0.1, -0.05) is 17.3 Å². The van der Waals surface area contributed by atoms with E-state index in [9.17, 15) is 0 Å². The quantitative estimate of drug-likeness (QED) is 0.604. The normalized spacial score (nSPS) is 9.29. The molecule has 104 valence electrons. The van der Waals surface area contributed by atoms with Crippen LogP contribution in [0.4, 0.5) is 0 Å². The van der Waals surface area contributed by atoms with Crippen LogP contribution < -0.4 is 4.74 Å². The van der Waals surface area contributed by atoms with Crippen molar-refractivity contribution in [2.24, 2.45) is 5.16 Å². The number of nitriles is 2. The molecular formula is C13H9N5O3. The fourth-order valence-corrected chi connectivity index (χ4v) is 1.46. The van der Waals surface area contributed by atoms with E-state index in [1.54, 1.807) is 31.4 Å². The third kappa shape index (κ3) is 3.33. The first-order chi connectivity index (χ1) is 10.3. The molecule has 0 unspecified atom stereocenters. The van der Waals surface area contributed by atoms with Gasteiger partial charge in [0.2, 0.25) is 0 Å². The van der Waals surface area contributed by atoms with Crippen molar-refractivity contribution in [3.05, 3.63) is 30.2 Å². The zero-order chi connectivity index (χ0) is 15.1. The Morgan fingerprint density at radius 1 is 1.29 bits per heavy atom. The number of methoxy groups -OCH3 is 1. The number of aromatic nitrogens is 2. The summed E-state index contributed by atoms with van der Waals surface area (Å²) in [7, 11) is 1.54. The summed E-state index contributed by atoms with van der Waals surface area (Å²) in [6.45, 7) is -0.144. The molecule has 8 nitrogen and oxygen atoms in total. The lowest BCUT2D eigenvalue weighted by molar-refractivity contribution is 0.112. The number of benzene rings is 1. The number of oxime groups is 1. The Bertz CT molecular complexity index is 723. The first-order valence-electron chi connectivity index (χ1n) is 5.74. The molecule has 0 saturated carbocycles. The minimum absolute atomic E-state index is 0.144. The second-order valence-electron chi connectivity index (χ2n) is 3.64. The van der Waals surface area contributed by atoms with Gasteiger partial charge < -0.3 is 14.0 Å². The molecule has 0 atom stereocenters. The minimum Gasteiger partial charge on any atom is -0.496 e. The van der Waals surface area contributed by atoms with E-state index in [4.69, 9.17) is 24.5 Å². The molecule has 0 aliphatic rings. The van der Waals surface area contributed by atoms with Gasteiger partial charge in [-0.05, 0) is 12.1 Å². The Balaban J connectivity index is 2.11. The van der Waals surface area contributed by atoms with Gasteiger partial charge >= 0.3 is 0 Å². The Kier molecular flexibility index (Phi) is 4.46. The zero-order valence-electron chi connectivity index (χ0n) is 11.0. The van der Waals surface area contributed by atoms with Gasteiger partial charge in [-0.15, -0.1) is 10.2 Å². The van der Waals surface area contributed by atoms with Crippen LogP contribution in [0.2, 0.25) is 0 Å². The third-order valence-corrected chi connectivity index (χ3v) is 2.36. The van der Waals surface area contributed by atoms with Crippen molar-refractivity contribution in [2.75, 3.05) is 7.11 Å². The van der Waals surface area contributed by atoms with Gasteiger partial charge in [0, 0.05) is 0 Å². The van der Waals surface area contributed by atoms with E-state index in [-0.39, 0.29) is 24.1 Å². The molecule has 1 aromatic heterocycles. The molecule has 1 heterocycles. The minimum atomic E-state index is -0.389. The molecule has 0 fully saturated rings. The Hall–Kier alpha value is -3.39. The highest BCUT2D eigenvalue weighted by atomic mass is 16.6. The maximum absolute atomic E-state index is 8.49. The molecule has 0 spiro atoms. The number of hydrogen-bond donors (Lipinski definition) is 0. The lowest BCUT2D eigenvalue weighted by Crippen LogP contribution is -1.93. The lowest BCUT2D eigenvalue weighted by Gasteiger charge is -2.03. The number of para-hydroxylation sites is 1. The van der Waals surface area contributed by atoms with E-state index < -0.39 is 0 Å². The number of nitrogens with zero attached hydrogens (tertiary/aromatic N) is 5. The summed E-state index contributed by atoms with van der Waals surface area (Å²) in [5.41, 5.74) is 0.261. The van der Waals surface area contributed by atoms with Crippen LogP contribution in [0.15, 0.2) is 33.8 Å². The van der Waals surface area contributed by atoms with E-state index >= 15 is 0 Å². The van der Waals surface area contributed by atoms with Crippen LogP contribution in [0.25, 0.3) is 11.5 Å². The highest BCUT2D eigenvalue weighted by molar-refractivity contribution is 6.09. The van der Waals surface area contributed by atoms with Crippen LogP contribution in [0, 0.1) is 22.7 Å². The SMILES string of the molecule is COc1ccccc1-c1nnc(CON=C(C#N)C#N)o1. The van der Waals surface area contributed by atoms with Crippen LogP contribution in [0.3, 0.4) is 0 Å². The van der Waals surface area contributed by atoms with Crippen molar-refractivity contribution in [1.82, 2.24) is 10.2 Å². The smallest absolute Gasteiger partial charge is 0.257 e. The molecule has 0 bridgehead atoms. The second-order valence-corrected chi connectivity index (χ2v) is 3.64. The van der Waals surface area contributed by atoms with Gasteiger partial charge in [0.1, 0.15) is 17.9 Å². The number of ether oxygens (including phenoxy) is 1. The molecule has 0 saturated heterocycles. The Morgan fingerprint density at radius 2 is 2.05 bits per heavy atom. The van der Waals surface area contributed by atoms with Crippen LogP contribution in [0.5, 0.6) is 5.75 Å². The average molecular weight is 283 g/mol. The van der Waals surface area contributed by atoms with E-state index in [1.165, 1.54) is 0 Å². The molecule has 0 aliphatic heterocycles. The highest BCUT2D eigenvalue weighted by Crippen LogP contribution is 2.28. The molecule has 2 aromatic rings. The summed E-state index contributed by atoms with van der Waals surface area (Å²) in [6.07, 6.45) is 0. The van der Waals surface area contributed by atoms with Crippen molar-refractivity contribution in [1.29, 1.82) is 10.5 Å². The summed E-state index contributed by atoms with van der Waals surface area (Å²) in [4.78, 5) is 4.78. The largest absolute Gasteiger partial charge is 0.496 e. The van der Waals surface area contributed by atoms with Gasteiger partial charge in [-0.2, -0.15) is 10.5 Å². The van der Waals surface area contributed by atoms with E-state index in [1.807, 2.05) is 12.1 Å². The number of hydrogen-bond acceptors (Lipinski definition) is 8. The monoisotopic (exact) mass is 283 g/mol. The van der Waals surface area contributed by atoms with Crippen molar-refractivity contribution < 1.29 is 14.0 Å². The van der Waals surface area contributed by atoms with E-state index in [0.717, 1.165) is 0 Å². The summed E-state index contributed by atoms with van der Waals surface area (Å²) in [5.74, 6) is 1.04. The molecule has 0 radical (unpaired) electrons. The molecule has 0 N–H and O–H groups in total.